The number of aromatic nitrogens is 1. The number of nitrogens with one attached hydrogen (secondary N) is 1. The summed E-state index contributed by atoms with van der Waals surface area (Å²) in [5.74, 6) is -0.183. The summed E-state index contributed by atoms with van der Waals surface area (Å²) in [6, 6.07) is 3.61. The third kappa shape index (κ3) is 3.09. The molecule has 1 aliphatic carbocycles. The Morgan fingerprint density at radius 3 is 3.05 bits per heavy atom. The predicted molar refractivity (Wildman–Crippen MR) is 84.7 cm³/mol. The summed E-state index contributed by atoms with van der Waals surface area (Å²) in [7, 11) is 0. The number of thiophene rings is 1. The van der Waals surface area contributed by atoms with Crippen molar-refractivity contribution in [3.8, 4) is 0 Å². The van der Waals surface area contributed by atoms with E-state index in [0.717, 1.165) is 47.9 Å². The molecule has 3 rings (SSSR count). The van der Waals surface area contributed by atoms with Gasteiger partial charge in [-0.05, 0) is 42.8 Å². The minimum atomic E-state index is -0.442. The summed E-state index contributed by atoms with van der Waals surface area (Å²) in [6.07, 6.45) is 4.38. The van der Waals surface area contributed by atoms with E-state index in [1.807, 2.05) is 24.4 Å². The molecule has 1 saturated carbocycles. The first-order chi connectivity index (χ1) is 10.1. The molecule has 0 aromatic carbocycles. The minimum absolute atomic E-state index is 0.153. The molecule has 0 radical (unpaired) electrons. The fraction of sp³-hybridized carbons (Fsp3) is 0.500. The number of nitrogens with zero attached hydrogens (tertiary/aromatic N) is 1. The third-order valence-electron chi connectivity index (χ3n) is 4.13. The van der Waals surface area contributed by atoms with Gasteiger partial charge in [-0.3, -0.25) is 4.79 Å². The van der Waals surface area contributed by atoms with Gasteiger partial charge in [-0.1, -0.05) is 19.3 Å². The molecular weight excluding hydrogens is 284 g/mol. The molecule has 4 nitrogen and oxygen atoms in total. The van der Waals surface area contributed by atoms with E-state index in [0.29, 0.717) is 5.69 Å². The highest BCUT2D eigenvalue weighted by atomic mass is 32.1. The Hall–Kier alpha value is -1.46. The van der Waals surface area contributed by atoms with Crippen molar-refractivity contribution in [1.29, 1.82) is 0 Å². The molecule has 1 amide bonds. The fourth-order valence-electron chi connectivity index (χ4n) is 2.93. The van der Waals surface area contributed by atoms with Gasteiger partial charge in [0.25, 0.3) is 5.91 Å². The van der Waals surface area contributed by atoms with Crippen LogP contribution in [-0.4, -0.2) is 28.1 Å². The molecule has 1 aliphatic rings. The van der Waals surface area contributed by atoms with Gasteiger partial charge < -0.3 is 10.4 Å². The van der Waals surface area contributed by atoms with Gasteiger partial charge in [0.05, 0.1) is 22.4 Å². The molecule has 2 atom stereocenters. The maximum atomic E-state index is 12.4. The maximum Gasteiger partial charge on any atom is 0.270 e. The predicted octanol–water partition coefficient (Wildman–Crippen LogP) is 3.03. The Kier molecular flexibility index (Phi) is 4.22. The molecular formula is C16H20N2O2S. The van der Waals surface area contributed by atoms with Crippen LogP contribution in [0, 0.1) is 6.92 Å². The number of pyridine rings is 1. The van der Waals surface area contributed by atoms with Crippen LogP contribution in [0.1, 0.15) is 48.2 Å². The number of aryl methyl sites for hydroxylation is 1. The monoisotopic (exact) mass is 304 g/mol. The number of rotatable bonds is 2. The second-order valence-electron chi connectivity index (χ2n) is 5.74. The van der Waals surface area contributed by atoms with Crippen molar-refractivity contribution in [2.45, 2.75) is 51.2 Å². The van der Waals surface area contributed by atoms with Crippen LogP contribution in [0.5, 0.6) is 0 Å². The van der Waals surface area contributed by atoms with E-state index in [1.165, 1.54) is 0 Å². The van der Waals surface area contributed by atoms with Crippen molar-refractivity contribution in [1.82, 2.24) is 10.3 Å². The molecule has 1 fully saturated rings. The van der Waals surface area contributed by atoms with Crippen LogP contribution in [0.3, 0.4) is 0 Å². The third-order valence-corrected chi connectivity index (χ3v) is 5.16. The van der Waals surface area contributed by atoms with Crippen LogP contribution in [0.25, 0.3) is 10.2 Å². The molecule has 112 valence electrons. The molecule has 5 heteroatoms. The van der Waals surface area contributed by atoms with Crippen molar-refractivity contribution >= 4 is 27.5 Å². The summed E-state index contributed by atoms with van der Waals surface area (Å²) in [6.45, 7) is 2.00. The zero-order valence-electron chi connectivity index (χ0n) is 12.1. The molecule has 21 heavy (non-hydrogen) atoms. The van der Waals surface area contributed by atoms with Crippen molar-refractivity contribution in [2.24, 2.45) is 0 Å². The molecule has 0 spiro atoms. The molecule has 2 aromatic rings. The summed E-state index contributed by atoms with van der Waals surface area (Å²) in [4.78, 5) is 16.8. The Morgan fingerprint density at radius 1 is 1.38 bits per heavy atom. The lowest BCUT2D eigenvalue weighted by molar-refractivity contribution is 0.0814. The molecule has 2 aromatic heterocycles. The lowest BCUT2D eigenvalue weighted by Gasteiger charge is -2.21. The highest BCUT2D eigenvalue weighted by molar-refractivity contribution is 7.17. The van der Waals surface area contributed by atoms with Crippen LogP contribution >= 0.6 is 11.3 Å². The maximum absolute atomic E-state index is 12.4. The second-order valence-corrected chi connectivity index (χ2v) is 6.66. The van der Waals surface area contributed by atoms with Crippen LogP contribution in [0.4, 0.5) is 0 Å². The lowest BCUT2D eigenvalue weighted by Crippen LogP contribution is -2.42. The van der Waals surface area contributed by atoms with E-state index in [2.05, 4.69) is 10.3 Å². The fourth-order valence-corrected chi connectivity index (χ4v) is 3.75. The summed E-state index contributed by atoms with van der Waals surface area (Å²) in [5, 5.41) is 15.1. The van der Waals surface area contributed by atoms with Gasteiger partial charge in [-0.15, -0.1) is 11.3 Å². The number of fused-ring (bicyclic) bond motifs is 1. The average Bonchev–Trinajstić information content (AvgIpc) is 2.85. The SMILES string of the molecule is Cc1cc(C(=O)NC2CCCCCC2O)nc2ccsc12. The molecule has 0 saturated heterocycles. The molecule has 0 aliphatic heterocycles. The first kappa shape index (κ1) is 14.5. The highest BCUT2D eigenvalue weighted by Gasteiger charge is 2.24. The van der Waals surface area contributed by atoms with Crippen LogP contribution in [-0.2, 0) is 0 Å². The van der Waals surface area contributed by atoms with Crippen molar-refractivity contribution in [3.05, 3.63) is 28.8 Å². The average molecular weight is 304 g/mol. The Balaban J connectivity index is 1.79. The minimum Gasteiger partial charge on any atom is -0.391 e. The largest absolute Gasteiger partial charge is 0.391 e. The van der Waals surface area contributed by atoms with Gasteiger partial charge in [-0.2, -0.15) is 0 Å². The Labute approximate surface area is 128 Å². The van der Waals surface area contributed by atoms with E-state index in [-0.39, 0.29) is 11.9 Å². The lowest BCUT2D eigenvalue weighted by atomic mass is 10.1. The van der Waals surface area contributed by atoms with Gasteiger partial charge in [0.1, 0.15) is 5.69 Å². The van der Waals surface area contributed by atoms with E-state index in [9.17, 15) is 9.90 Å². The van der Waals surface area contributed by atoms with Crippen molar-refractivity contribution in [3.63, 3.8) is 0 Å². The zero-order chi connectivity index (χ0) is 14.8. The second kappa shape index (κ2) is 6.12. The van der Waals surface area contributed by atoms with E-state index < -0.39 is 6.10 Å². The summed E-state index contributed by atoms with van der Waals surface area (Å²) in [5.41, 5.74) is 2.38. The van der Waals surface area contributed by atoms with Crippen LogP contribution in [0.2, 0.25) is 0 Å². The molecule has 0 bridgehead atoms. The highest BCUT2D eigenvalue weighted by Crippen LogP contribution is 2.24. The molecule has 2 N–H and O–H groups in total. The number of carbonyl (C=O) groups excluding carboxylic acids is 1. The van der Waals surface area contributed by atoms with Gasteiger partial charge >= 0.3 is 0 Å². The topological polar surface area (TPSA) is 62.2 Å². The number of hydrogen-bond acceptors (Lipinski definition) is 4. The van der Waals surface area contributed by atoms with Gasteiger partial charge in [0, 0.05) is 0 Å². The van der Waals surface area contributed by atoms with Gasteiger partial charge in [-0.25, -0.2) is 4.98 Å². The number of aliphatic hydroxyl groups is 1. The first-order valence-corrected chi connectivity index (χ1v) is 8.37. The Bertz CT molecular complexity index is 653. The molecule has 2 heterocycles. The summed E-state index contributed by atoms with van der Waals surface area (Å²) < 4.78 is 1.13. The number of amides is 1. The van der Waals surface area contributed by atoms with E-state index in [4.69, 9.17) is 0 Å². The normalized spacial score (nSPS) is 23.0. The van der Waals surface area contributed by atoms with Crippen LogP contribution in [0.15, 0.2) is 17.5 Å². The van der Waals surface area contributed by atoms with E-state index in [1.54, 1.807) is 11.3 Å². The smallest absolute Gasteiger partial charge is 0.270 e. The van der Waals surface area contributed by atoms with Gasteiger partial charge in [0.15, 0.2) is 0 Å². The standard InChI is InChI=1S/C16H20N2O2S/c1-10-9-13(17-12-7-8-21-15(10)12)16(20)18-11-5-3-2-4-6-14(11)19/h7-9,11,14,19H,2-6H2,1H3,(H,18,20). The van der Waals surface area contributed by atoms with E-state index >= 15 is 0 Å². The number of hydrogen-bond donors (Lipinski definition) is 2. The van der Waals surface area contributed by atoms with Gasteiger partial charge in [0.2, 0.25) is 0 Å². The quantitative estimate of drug-likeness (QED) is 0.838. The summed E-state index contributed by atoms with van der Waals surface area (Å²) >= 11 is 1.64. The molecule has 2 unspecified atom stereocenters. The van der Waals surface area contributed by atoms with Crippen molar-refractivity contribution in [2.75, 3.05) is 0 Å². The zero-order valence-corrected chi connectivity index (χ0v) is 12.9. The van der Waals surface area contributed by atoms with Crippen LogP contribution < -0.4 is 5.32 Å². The first-order valence-electron chi connectivity index (χ1n) is 7.49. The Morgan fingerprint density at radius 2 is 2.19 bits per heavy atom. The van der Waals surface area contributed by atoms with Crippen molar-refractivity contribution < 1.29 is 9.90 Å². The number of carbonyl (C=O) groups is 1. The number of aliphatic hydroxyl groups excluding tert-OH is 1.